The average molecular weight is 403 g/mol. The van der Waals surface area contributed by atoms with Gasteiger partial charge in [-0.15, -0.1) is 5.10 Å². The lowest BCUT2D eigenvalue weighted by molar-refractivity contribution is -0.181. The van der Waals surface area contributed by atoms with Crippen molar-refractivity contribution in [1.82, 2.24) is 15.0 Å². The van der Waals surface area contributed by atoms with Gasteiger partial charge in [0, 0.05) is 18.2 Å². The summed E-state index contributed by atoms with van der Waals surface area (Å²) in [4.78, 5) is 24.9. The van der Waals surface area contributed by atoms with E-state index in [0.717, 1.165) is 5.56 Å². The first-order chi connectivity index (χ1) is 13.7. The van der Waals surface area contributed by atoms with Crippen LogP contribution in [0, 0.1) is 18.2 Å². The van der Waals surface area contributed by atoms with Crippen LogP contribution >= 0.6 is 0 Å². The Bertz CT molecular complexity index is 913. The number of benzene rings is 1. The number of hydrogen-bond donors (Lipinski definition) is 0. The summed E-state index contributed by atoms with van der Waals surface area (Å²) < 4.78 is 26.4. The van der Waals surface area contributed by atoms with Gasteiger partial charge in [-0.3, -0.25) is 9.59 Å². The maximum Gasteiger partial charge on any atom is 0.321 e. The third-order valence-corrected chi connectivity index (χ3v) is 5.49. The van der Waals surface area contributed by atoms with Gasteiger partial charge in [0.05, 0.1) is 31.6 Å². The monoisotopic (exact) mass is 403 g/mol. The molecule has 7 nitrogen and oxygen atoms in total. The van der Waals surface area contributed by atoms with E-state index in [-0.39, 0.29) is 30.7 Å². The summed E-state index contributed by atoms with van der Waals surface area (Å²) in [6, 6.07) is 5.07. The quantitative estimate of drug-likeness (QED) is 0.545. The number of rotatable bonds is 6. The molecule has 1 aromatic carbocycles. The van der Waals surface area contributed by atoms with Crippen LogP contribution in [0.4, 0.5) is 4.39 Å². The van der Waals surface area contributed by atoms with Gasteiger partial charge in [0.2, 0.25) is 0 Å². The minimum atomic E-state index is -1.33. The van der Waals surface area contributed by atoms with Crippen molar-refractivity contribution in [1.29, 1.82) is 0 Å². The van der Waals surface area contributed by atoms with E-state index in [4.69, 9.17) is 9.47 Å². The molecule has 1 fully saturated rings. The maximum absolute atomic E-state index is 14.0. The van der Waals surface area contributed by atoms with Crippen molar-refractivity contribution in [2.45, 2.75) is 58.8 Å². The summed E-state index contributed by atoms with van der Waals surface area (Å²) >= 11 is 0. The molecule has 2 heterocycles. The molecule has 0 unspecified atom stereocenters. The number of carbonyl (C=O) groups is 2. The molecule has 0 aliphatic carbocycles. The first-order valence-corrected chi connectivity index (χ1v) is 9.65. The molecule has 0 saturated carbocycles. The van der Waals surface area contributed by atoms with Crippen LogP contribution in [0.1, 0.15) is 43.5 Å². The molecule has 156 valence electrons. The Balaban J connectivity index is 1.69. The number of carbonyl (C=O) groups excluding carboxylic acids is 2. The second-order valence-electron chi connectivity index (χ2n) is 7.80. The molecule has 3 rings (SSSR count). The summed E-state index contributed by atoms with van der Waals surface area (Å²) in [5.41, 5.74) is 0.734. The van der Waals surface area contributed by atoms with Gasteiger partial charge < -0.3 is 9.47 Å². The molecule has 3 atom stereocenters. The number of esters is 1. The van der Waals surface area contributed by atoms with Gasteiger partial charge in [-0.1, -0.05) is 17.3 Å². The summed E-state index contributed by atoms with van der Waals surface area (Å²) in [5.74, 6) is -1.04. The molecule has 0 amide bonds. The predicted octanol–water partition coefficient (Wildman–Crippen LogP) is 2.63. The van der Waals surface area contributed by atoms with Crippen LogP contribution in [0.3, 0.4) is 0 Å². The fourth-order valence-electron chi connectivity index (χ4n) is 3.70. The van der Waals surface area contributed by atoms with Crippen LogP contribution in [0.2, 0.25) is 0 Å². The largest absolute Gasteiger partial charge is 0.468 e. The van der Waals surface area contributed by atoms with Crippen molar-refractivity contribution < 1.29 is 23.5 Å². The lowest BCUT2D eigenvalue weighted by Crippen LogP contribution is -2.54. The van der Waals surface area contributed by atoms with Gasteiger partial charge in [0.1, 0.15) is 11.2 Å². The van der Waals surface area contributed by atoms with Crippen LogP contribution < -0.4 is 0 Å². The molecule has 1 aliphatic rings. The Morgan fingerprint density at radius 3 is 2.90 bits per heavy atom. The summed E-state index contributed by atoms with van der Waals surface area (Å²) in [6.07, 6.45) is 1.94. The van der Waals surface area contributed by atoms with Crippen molar-refractivity contribution in [3.05, 3.63) is 47.0 Å². The highest BCUT2D eigenvalue weighted by Gasteiger charge is 2.52. The van der Waals surface area contributed by atoms with E-state index >= 15 is 0 Å². The SMILES string of the molecule is COC(=O)[C@@]1(C)C(=O)C[C@H](C)O[C@@H]1CCc1cn(Cc2ccc(C)cc2F)nn1. The van der Waals surface area contributed by atoms with E-state index in [9.17, 15) is 14.0 Å². The van der Waals surface area contributed by atoms with Crippen molar-refractivity contribution in [2.24, 2.45) is 5.41 Å². The fourth-order valence-corrected chi connectivity index (χ4v) is 3.70. The standard InChI is InChI=1S/C21H26FN3O4/c1-13-5-6-15(17(22)9-13)11-25-12-16(23-24-25)7-8-19-21(3,20(27)28-4)18(26)10-14(2)29-19/h5-6,9,12,14,19H,7-8,10-11H2,1-4H3/t14-,19+,21-/m0/s1. The van der Waals surface area contributed by atoms with E-state index < -0.39 is 17.5 Å². The maximum atomic E-state index is 14.0. The number of Topliss-reactive ketones (excluding diaryl/α,β-unsaturated/α-hetero) is 1. The minimum absolute atomic E-state index is 0.174. The Kier molecular flexibility index (Phi) is 6.12. The zero-order chi connectivity index (χ0) is 21.2. The van der Waals surface area contributed by atoms with Gasteiger partial charge in [0.25, 0.3) is 0 Å². The van der Waals surface area contributed by atoms with Crippen LogP contribution in [0.15, 0.2) is 24.4 Å². The van der Waals surface area contributed by atoms with Gasteiger partial charge in [-0.05, 0) is 45.2 Å². The lowest BCUT2D eigenvalue weighted by atomic mass is 9.74. The molecule has 0 spiro atoms. The number of ether oxygens (including phenoxy) is 2. The molecule has 1 aromatic heterocycles. The first kappa shape index (κ1) is 21.1. The number of ketones is 1. The van der Waals surface area contributed by atoms with Crippen LogP contribution in [-0.4, -0.2) is 46.1 Å². The van der Waals surface area contributed by atoms with Gasteiger partial charge in [-0.25, -0.2) is 9.07 Å². The molecule has 0 bridgehead atoms. The van der Waals surface area contributed by atoms with Crippen molar-refractivity contribution in [3.63, 3.8) is 0 Å². The number of aromatic nitrogens is 3. The molecular weight excluding hydrogens is 377 g/mol. The highest BCUT2D eigenvalue weighted by Crippen LogP contribution is 2.37. The third kappa shape index (κ3) is 4.37. The van der Waals surface area contributed by atoms with Crippen molar-refractivity contribution >= 4 is 11.8 Å². The number of halogens is 1. The van der Waals surface area contributed by atoms with Gasteiger partial charge >= 0.3 is 5.97 Å². The predicted molar refractivity (Wildman–Crippen MR) is 103 cm³/mol. The van der Waals surface area contributed by atoms with E-state index in [0.29, 0.717) is 24.1 Å². The summed E-state index contributed by atoms with van der Waals surface area (Å²) in [6.45, 7) is 5.50. The van der Waals surface area contributed by atoms with Crippen LogP contribution in [0.25, 0.3) is 0 Å². The van der Waals surface area contributed by atoms with Gasteiger partial charge in [0.15, 0.2) is 5.78 Å². The Labute approximate surface area is 169 Å². The second-order valence-corrected chi connectivity index (χ2v) is 7.80. The highest BCUT2D eigenvalue weighted by atomic mass is 19.1. The topological polar surface area (TPSA) is 83.3 Å². The summed E-state index contributed by atoms with van der Waals surface area (Å²) in [5, 5.41) is 8.19. The normalized spacial score (nSPS) is 24.5. The molecule has 2 aromatic rings. The Morgan fingerprint density at radius 1 is 1.45 bits per heavy atom. The molecule has 1 aliphatic heterocycles. The van der Waals surface area contributed by atoms with Crippen LogP contribution in [0.5, 0.6) is 0 Å². The van der Waals surface area contributed by atoms with E-state index in [1.807, 2.05) is 19.9 Å². The number of hydrogen-bond acceptors (Lipinski definition) is 6. The average Bonchev–Trinajstić information content (AvgIpc) is 3.12. The first-order valence-electron chi connectivity index (χ1n) is 9.65. The van der Waals surface area contributed by atoms with Gasteiger partial charge in [-0.2, -0.15) is 0 Å². The highest BCUT2D eigenvalue weighted by molar-refractivity contribution is 6.04. The molecular formula is C21H26FN3O4. The zero-order valence-corrected chi connectivity index (χ0v) is 17.1. The number of aryl methyl sites for hydroxylation is 2. The molecule has 29 heavy (non-hydrogen) atoms. The summed E-state index contributed by atoms with van der Waals surface area (Å²) in [7, 11) is 1.27. The van der Waals surface area contributed by atoms with Crippen molar-refractivity contribution in [2.75, 3.05) is 7.11 Å². The lowest BCUT2D eigenvalue weighted by Gasteiger charge is -2.40. The number of methoxy groups -OCH3 is 1. The molecule has 1 saturated heterocycles. The smallest absolute Gasteiger partial charge is 0.321 e. The third-order valence-electron chi connectivity index (χ3n) is 5.49. The Morgan fingerprint density at radius 2 is 2.21 bits per heavy atom. The van der Waals surface area contributed by atoms with E-state index in [1.165, 1.54) is 13.2 Å². The fraction of sp³-hybridized carbons (Fsp3) is 0.524. The minimum Gasteiger partial charge on any atom is -0.468 e. The Hall–Kier alpha value is -2.61. The molecule has 0 radical (unpaired) electrons. The number of nitrogens with zero attached hydrogens (tertiary/aromatic N) is 3. The second kappa shape index (κ2) is 8.41. The molecule has 8 heteroatoms. The molecule has 0 N–H and O–H groups in total. The zero-order valence-electron chi connectivity index (χ0n) is 17.1. The van der Waals surface area contributed by atoms with E-state index in [2.05, 4.69) is 10.3 Å². The van der Waals surface area contributed by atoms with E-state index in [1.54, 1.807) is 23.9 Å². The van der Waals surface area contributed by atoms with Crippen molar-refractivity contribution in [3.8, 4) is 0 Å². The van der Waals surface area contributed by atoms with Crippen LogP contribution in [-0.2, 0) is 32.0 Å².